The summed E-state index contributed by atoms with van der Waals surface area (Å²) in [6.07, 6.45) is 0.527. The Kier molecular flexibility index (Phi) is 3.94. The number of carbonyl (C=O) groups is 1. The van der Waals surface area contributed by atoms with Gasteiger partial charge in [-0.3, -0.25) is 4.79 Å². The number of carbonyl (C=O) groups excluding carboxylic acids is 1. The quantitative estimate of drug-likeness (QED) is 0.936. The number of ether oxygens (including phenoxy) is 2. The first-order valence-corrected chi connectivity index (χ1v) is 7.31. The molecule has 1 amide bonds. The fraction of sp³-hybridized carbons (Fsp3) is 0.235. The Balaban J connectivity index is 1.97. The summed E-state index contributed by atoms with van der Waals surface area (Å²) in [5.74, 6) is 1.17. The molecule has 1 atom stereocenters. The van der Waals surface area contributed by atoms with E-state index < -0.39 is 0 Å². The second-order valence-corrected chi connectivity index (χ2v) is 5.59. The van der Waals surface area contributed by atoms with Crippen LogP contribution in [-0.4, -0.2) is 20.1 Å². The van der Waals surface area contributed by atoms with Gasteiger partial charge in [0.25, 0.3) is 0 Å². The van der Waals surface area contributed by atoms with Crippen LogP contribution in [-0.2, 0) is 11.2 Å². The van der Waals surface area contributed by atoms with Gasteiger partial charge in [0.1, 0.15) is 11.5 Å². The predicted molar refractivity (Wildman–Crippen MR) is 86.1 cm³/mol. The van der Waals surface area contributed by atoms with Crippen LogP contribution in [0.3, 0.4) is 0 Å². The third kappa shape index (κ3) is 2.62. The Hall–Kier alpha value is -2.20. The molecule has 1 N–H and O–H groups in total. The number of nitrogens with one attached hydrogen (secondary N) is 1. The van der Waals surface area contributed by atoms with Crippen molar-refractivity contribution in [2.45, 2.75) is 12.3 Å². The van der Waals surface area contributed by atoms with Crippen LogP contribution >= 0.6 is 11.6 Å². The Morgan fingerprint density at radius 1 is 1.14 bits per heavy atom. The number of hydrogen-bond acceptors (Lipinski definition) is 3. The molecular weight excluding hydrogens is 302 g/mol. The summed E-state index contributed by atoms with van der Waals surface area (Å²) in [5.41, 5.74) is 2.67. The molecule has 2 aromatic rings. The van der Waals surface area contributed by atoms with Gasteiger partial charge in [-0.25, -0.2) is 0 Å². The maximum absolute atomic E-state index is 12.3. The van der Waals surface area contributed by atoms with Crippen LogP contribution in [0.5, 0.6) is 11.5 Å². The van der Waals surface area contributed by atoms with E-state index in [4.69, 9.17) is 21.1 Å². The van der Waals surface area contributed by atoms with Crippen LogP contribution < -0.4 is 14.8 Å². The number of amides is 1. The molecule has 1 heterocycles. The van der Waals surface area contributed by atoms with Crippen molar-refractivity contribution in [2.24, 2.45) is 0 Å². The number of halogens is 1. The first-order valence-electron chi connectivity index (χ1n) is 6.93. The molecule has 114 valence electrons. The smallest absolute Gasteiger partial charge is 0.232 e. The Morgan fingerprint density at radius 2 is 1.95 bits per heavy atom. The molecule has 4 nitrogen and oxygen atoms in total. The van der Waals surface area contributed by atoms with E-state index in [9.17, 15) is 4.79 Å². The van der Waals surface area contributed by atoms with Gasteiger partial charge in [-0.2, -0.15) is 0 Å². The topological polar surface area (TPSA) is 47.6 Å². The highest BCUT2D eigenvalue weighted by Crippen LogP contribution is 2.38. The molecule has 0 aliphatic carbocycles. The molecule has 3 rings (SSSR count). The predicted octanol–water partition coefficient (Wildman–Crippen LogP) is 3.64. The average molecular weight is 318 g/mol. The van der Waals surface area contributed by atoms with Gasteiger partial charge in [-0.05, 0) is 53.9 Å². The van der Waals surface area contributed by atoms with Crippen LogP contribution in [0.4, 0.5) is 5.69 Å². The van der Waals surface area contributed by atoms with Crippen molar-refractivity contribution in [1.29, 1.82) is 0 Å². The van der Waals surface area contributed by atoms with Gasteiger partial charge in [0.15, 0.2) is 0 Å². The van der Waals surface area contributed by atoms with Gasteiger partial charge >= 0.3 is 0 Å². The van der Waals surface area contributed by atoms with Crippen LogP contribution in [0.1, 0.15) is 17.0 Å². The third-order valence-corrected chi connectivity index (χ3v) is 4.11. The molecule has 5 heteroatoms. The molecule has 1 aliphatic heterocycles. The molecule has 1 aliphatic rings. The lowest BCUT2D eigenvalue weighted by Crippen LogP contribution is -2.14. The minimum Gasteiger partial charge on any atom is -0.497 e. The largest absolute Gasteiger partial charge is 0.497 e. The van der Waals surface area contributed by atoms with Crippen molar-refractivity contribution in [1.82, 2.24) is 0 Å². The van der Waals surface area contributed by atoms with Crippen molar-refractivity contribution in [3.63, 3.8) is 0 Å². The van der Waals surface area contributed by atoms with E-state index in [1.165, 1.54) is 0 Å². The number of rotatable bonds is 4. The first kappa shape index (κ1) is 14.7. The minimum absolute atomic E-state index is 0.0258. The normalized spacial score (nSPS) is 16.1. The van der Waals surface area contributed by atoms with Crippen molar-refractivity contribution in [3.8, 4) is 11.5 Å². The number of methoxy groups -OCH3 is 2. The maximum Gasteiger partial charge on any atom is 0.232 e. The van der Waals surface area contributed by atoms with Gasteiger partial charge < -0.3 is 14.8 Å². The highest BCUT2D eigenvalue weighted by atomic mass is 35.5. The SMILES string of the molecule is COc1ccc(OC)c(CC2C(=O)Nc3ccc(Cl)cc32)c1. The summed E-state index contributed by atoms with van der Waals surface area (Å²) < 4.78 is 10.6. The fourth-order valence-corrected chi connectivity index (χ4v) is 2.94. The summed E-state index contributed by atoms with van der Waals surface area (Å²) in [5, 5.41) is 3.51. The second kappa shape index (κ2) is 5.89. The summed E-state index contributed by atoms with van der Waals surface area (Å²) >= 11 is 6.06. The zero-order chi connectivity index (χ0) is 15.7. The maximum atomic E-state index is 12.3. The van der Waals surface area contributed by atoms with E-state index in [1.54, 1.807) is 20.3 Å². The first-order chi connectivity index (χ1) is 10.6. The lowest BCUT2D eigenvalue weighted by molar-refractivity contribution is -0.117. The van der Waals surface area contributed by atoms with Crippen LogP contribution in [0.25, 0.3) is 0 Å². The van der Waals surface area contributed by atoms with E-state index >= 15 is 0 Å². The highest BCUT2D eigenvalue weighted by Gasteiger charge is 2.31. The fourth-order valence-electron chi connectivity index (χ4n) is 2.76. The Morgan fingerprint density at radius 3 is 2.68 bits per heavy atom. The van der Waals surface area contributed by atoms with Crippen LogP contribution in [0.15, 0.2) is 36.4 Å². The van der Waals surface area contributed by atoms with Gasteiger partial charge in [-0.1, -0.05) is 11.6 Å². The second-order valence-electron chi connectivity index (χ2n) is 5.16. The van der Waals surface area contributed by atoms with E-state index in [2.05, 4.69) is 5.32 Å². The molecule has 2 aromatic carbocycles. The third-order valence-electron chi connectivity index (χ3n) is 3.87. The number of benzene rings is 2. The van der Waals surface area contributed by atoms with Gasteiger partial charge in [0, 0.05) is 10.7 Å². The van der Waals surface area contributed by atoms with Crippen LogP contribution in [0.2, 0.25) is 5.02 Å². The monoisotopic (exact) mass is 317 g/mol. The Labute approximate surface area is 134 Å². The van der Waals surface area contributed by atoms with Crippen molar-refractivity contribution in [2.75, 3.05) is 19.5 Å². The zero-order valence-electron chi connectivity index (χ0n) is 12.4. The molecule has 0 spiro atoms. The number of hydrogen-bond donors (Lipinski definition) is 1. The molecule has 0 saturated carbocycles. The lowest BCUT2D eigenvalue weighted by atomic mass is 9.92. The van der Waals surface area contributed by atoms with Gasteiger partial charge in [-0.15, -0.1) is 0 Å². The molecule has 0 radical (unpaired) electrons. The zero-order valence-corrected chi connectivity index (χ0v) is 13.1. The van der Waals surface area contributed by atoms with Crippen molar-refractivity contribution in [3.05, 3.63) is 52.5 Å². The van der Waals surface area contributed by atoms with E-state index in [1.807, 2.05) is 30.3 Å². The molecule has 1 unspecified atom stereocenters. The molecule has 0 bridgehead atoms. The van der Waals surface area contributed by atoms with E-state index in [0.717, 1.165) is 28.3 Å². The molecule has 22 heavy (non-hydrogen) atoms. The highest BCUT2D eigenvalue weighted by molar-refractivity contribution is 6.31. The average Bonchev–Trinajstić information content (AvgIpc) is 2.83. The Bertz CT molecular complexity index is 730. The van der Waals surface area contributed by atoms with Crippen molar-refractivity contribution >= 4 is 23.2 Å². The summed E-state index contributed by atoms with van der Waals surface area (Å²) in [4.78, 5) is 12.3. The molecular formula is C17H16ClNO3. The number of fused-ring (bicyclic) bond motifs is 1. The summed E-state index contributed by atoms with van der Waals surface area (Å²) in [6, 6.07) is 11.0. The summed E-state index contributed by atoms with van der Waals surface area (Å²) in [7, 11) is 3.23. The number of anilines is 1. The van der Waals surface area contributed by atoms with Crippen molar-refractivity contribution < 1.29 is 14.3 Å². The minimum atomic E-state index is -0.283. The summed E-state index contributed by atoms with van der Waals surface area (Å²) in [6.45, 7) is 0. The van der Waals surface area contributed by atoms with E-state index in [-0.39, 0.29) is 11.8 Å². The lowest BCUT2D eigenvalue weighted by Gasteiger charge is -2.14. The van der Waals surface area contributed by atoms with E-state index in [0.29, 0.717) is 11.4 Å². The molecule has 0 fully saturated rings. The molecule has 0 saturated heterocycles. The van der Waals surface area contributed by atoms with Crippen LogP contribution in [0, 0.1) is 0 Å². The van der Waals surface area contributed by atoms with Gasteiger partial charge in [0.05, 0.1) is 20.1 Å². The molecule has 0 aromatic heterocycles. The standard InChI is InChI=1S/C17H16ClNO3/c1-21-12-4-6-16(22-2)10(7-12)8-14-13-9-11(18)3-5-15(13)19-17(14)20/h3-7,9,14H,8H2,1-2H3,(H,19,20). The van der Waals surface area contributed by atoms with Gasteiger partial charge in [0.2, 0.25) is 5.91 Å².